The number of carbonyl (C=O) groups is 1. The number of hydrogen-bond acceptors (Lipinski definition) is 3. The first-order valence-corrected chi connectivity index (χ1v) is 5.11. The van der Waals surface area contributed by atoms with E-state index < -0.39 is 0 Å². The summed E-state index contributed by atoms with van der Waals surface area (Å²) in [5.74, 6) is 0.625. The number of aliphatic imine (C=N–C) groups is 1. The molecule has 0 heterocycles. The van der Waals surface area contributed by atoms with Crippen LogP contribution >= 0.6 is 0 Å². The van der Waals surface area contributed by atoms with Gasteiger partial charge >= 0.3 is 0 Å². The summed E-state index contributed by atoms with van der Waals surface area (Å²) in [5.41, 5.74) is 12.2. The molecule has 0 aliphatic heterocycles. The van der Waals surface area contributed by atoms with E-state index in [9.17, 15) is 4.79 Å². The Morgan fingerprint density at radius 1 is 1.40 bits per heavy atom. The lowest BCUT2D eigenvalue weighted by Crippen LogP contribution is -2.27. The summed E-state index contributed by atoms with van der Waals surface area (Å²) in [6.07, 6.45) is 3.55. The number of rotatable bonds is 6. The van der Waals surface area contributed by atoms with E-state index in [1.807, 2.05) is 6.92 Å². The van der Waals surface area contributed by atoms with Crippen molar-refractivity contribution in [2.75, 3.05) is 6.54 Å². The van der Waals surface area contributed by atoms with E-state index >= 15 is 0 Å². The average Bonchev–Trinajstić information content (AvgIpc) is 2.14. The Bertz CT molecular complexity index is 265. The van der Waals surface area contributed by atoms with E-state index in [1.54, 1.807) is 6.92 Å². The van der Waals surface area contributed by atoms with Gasteiger partial charge in [-0.3, -0.25) is 9.79 Å². The van der Waals surface area contributed by atoms with Crippen LogP contribution in [0.3, 0.4) is 0 Å². The molecule has 0 aliphatic carbocycles. The Labute approximate surface area is 91.4 Å². The SMILES string of the molecule is CC(=O)[C@@H](N)CC/C=C(\C)CN=C(C)N. The summed E-state index contributed by atoms with van der Waals surface area (Å²) in [5, 5.41) is 0. The summed E-state index contributed by atoms with van der Waals surface area (Å²) >= 11 is 0. The van der Waals surface area contributed by atoms with Gasteiger partial charge in [0, 0.05) is 0 Å². The molecule has 0 fully saturated rings. The van der Waals surface area contributed by atoms with Gasteiger partial charge in [0.15, 0.2) is 0 Å². The summed E-state index contributed by atoms with van der Waals surface area (Å²) in [6.45, 7) is 5.89. The van der Waals surface area contributed by atoms with Crippen LogP contribution in [0.1, 0.15) is 33.6 Å². The third-order valence-corrected chi connectivity index (χ3v) is 2.07. The molecule has 4 nitrogen and oxygen atoms in total. The normalized spacial score (nSPS) is 15.2. The highest BCUT2D eigenvalue weighted by Gasteiger charge is 2.05. The van der Waals surface area contributed by atoms with Crippen molar-refractivity contribution in [3.05, 3.63) is 11.6 Å². The molecule has 0 radical (unpaired) electrons. The van der Waals surface area contributed by atoms with Crippen molar-refractivity contribution >= 4 is 11.6 Å². The van der Waals surface area contributed by atoms with Gasteiger partial charge in [-0.1, -0.05) is 11.6 Å². The van der Waals surface area contributed by atoms with Gasteiger partial charge in [-0.2, -0.15) is 0 Å². The van der Waals surface area contributed by atoms with Gasteiger partial charge in [0.05, 0.1) is 18.4 Å². The number of nitrogens with zero attached hydrogens (tertiary/aromatic N) is 1. The van der Waals surface area contributed by atoms with Crippen LogP contribution in [-0.2, 0) is 4.79 Å². The van der Waals surface area contributed by atoms with Crippen LogP contribution in [0.2, 0.25) is 0 Å². The number of Topliss-reactive ketones (excluding diaryl/α,β-unsaturated/α-hetero) is 1. The number of allylic oxidation sites excluding steroid dienone is 1. The summed E-state index contributed by atoms with van der Waals surface area (Å²) in [4.78, 5) is 14.9. The van der Waals surface area contributed by atoms with Crippen molar-refractivity contribution < 1.29 is 4.79 Å². The van der Waals surface area contributed by atoms with Crippen LogP contribution in [0.25, 0.3) is 0 Å². The highest BCUT2D eigenvalue weighted by atomic mass is 16.1. The molecule has 0 unspecified atom stereocenters. The molecule has 0 saturated carbocycles. The second kappa shape index (κ2) is 7.17. The van der Waals surface area contributed by atoms with Crippen molar-refractivity contribution in [2.45, 2.75) is 39.7 Å². The van der Waals surface area contributed by atoms with Crippen LogP contribution in [0.5, 0.6) is 0 Å². The van der Waals surface area contributed by atoms with Crippen LogP contribution in [0.4, 0.5) is 0 Å². The van der Waals surface area contributed by atoms with Gasteiger partial charge in [-0.15, -0.1) is 0 Å². The first-order valence-electron chi connectivity index (χ1n) is 5.11. The molecule has 1 atom stereocenters. The maximum absolute atomic E-state index is 10.9. The molecule has 0 spiro atoms. The third-order valence-electron chi connectivity index (χ3n) is 2.07. The molecular weight excluding hydrogens is 190 g/mol. The number of nitrogens with two attached hydrogens (primary N) is 2. The molecule has 0 rings (SSSR count). The van der Waals surface area contributed by atoms with Gasteiger partial charge in [-0.25, -0.2) is 0 Å². The van der Waals surface area contributed by atoms with Gasteiger partial charge in [0.2, 0.25) is 0 Å². The molecule has 86 valence electrons. The minimum atomic E-state index is -0.339. The second-order valence-corrected chi connectivity index (χ2v) is 3.80. The van der Waals surface area contributed by atoms with E-state index in [0.717, 1.165) is 12.0 Å². The monoisotopic (exact) mass is 211 g/mol. The summed E-state index contributed by atoms with van der Waals surface area (Å²) in [6, 6.07) is -0.339. The highest BCUT2D eigenvalue weighted by Crippen LogP contribution is 2.02. The zero-order chi connectivity index (χ0) is 11.8. The van der Waals surface area contributed by atoms with Crippen LogP contribution in [0.15, 0.2) is 16.6 Å². The molecule has 0 amide bonds. The fraction of sp³-hybridized carbons (Fsp3) is 0.636. The lowest BCUT2D eigenvalue weighted by molar-refractivity contribution is -0.118. The minimum absolute atomic E-state index is 0.0388. The molecule has 4 heteroatoms. The van der Waals surface area contributed by atoms with Crippen molar-refractivity contribution in [1.82, 2.24) is 0 Å². The van der Waals surface area contributed by atoms with Crippen LogP contribution < -0.4 is 11.5 Å². The molecule has 0 bridgehead atoms. The largest absolute Gasteiger partial charge is 0.388 e. The number of carbonyl (C=O) groups excluding carboxylic acids is 1. The number of ketones is 1. The maximum atomic E-state index is 10.9. The summed E-state index contributed by atoms with van der Waals surface area (Å²) < 4.78 is 0. The van der Waals surface area contributed by atoms with Gasteiger partial charge < -0.3 is 11.5 Å². The average molecular weight is 211 g/mol. The molecule has 0 saturated heterocycles. The van der Waals surface area contributed by atoms with Gasteiger partial charge in [-0.05, 0) is 33.6 Å². The Morgan fingerprint density at radius 3 is 2.47 bits per heavy atom. The number of hydrogen-bond donors (Lipinski definition) is 2. The standard InChI is InChI=1S/C11H21N3O/c1-8(7-14-10(3)12)5-4-6-11(13)9(2)15/h5,11H,4,6-7,13H2,1-3H3,(H2,12,14)/b8-5+/t11-/m0/s1. The first-order chi connectivity index (χ1) is 6.93. The van der Waals surface area contributed by atoms with E-state index in [2.05, 4.69) is 11.1 Å². The topological polar surface area (TPSA) is 81.5 Å². The van der Waals surface area contributed by atoms with Crippen molar-refractivity contribution in [1.29, 1.82) is 0 Å². The van der Waals surface area contributed by atoms with Crippen molar-refractivity contribution in [2.24, 2.45) is 16.5 Å². The van der Waals surface area contributed by atoms with Crippen molar-refractivity contribution in [3.8, 4) is 0 Å². The number of amidine groups is 1. The zero-order valence-electron chi connectivity index (χ0n) is 9.79. The smallest absolute Gasteiger partial charge is 0.146 e. The minimum Gasteiger partial charge on any atom is -0.388 e. The van der Waals surface area contributed by atoms with E-state index in [1.165, 1.54) is 6.92 Å². The Kier molecular flexibility index (Phi) is 6.62. The Balaban J connectivity index is 3.86. The first kappa shape index (κ1) is 13.8. The predicted octanol–water partition coefficient (Wildman–Crippen LogP) is 1.01. The second-order valence-electron chi connectivity index (χ2n) is 3.80. The molecule has 0 aromatic carbocycles. The van der Waals surface area contributed by atoms with E-state index in [4.69, 9.17) is 11.5 Å². The molecule has 4 N–H and O–H groups in total. The van der Waals surface area contributed by atoms with Crippen molar-refractivity contribution in [3.63, 3.8) is 0 Å². The zero-order valence-corrected chi connectivity index (χ0v) is 9.79. The summed E-state index contributed by atoms with van der Waals surface area (Å²) in [7, 11) is 0. The van der Waals surface area contributed by atoms with Gasteiger partial charge in [0.25, 0.3) is 0 Å². The highest BCUT2D eigenvalue weighted by molar-refractivity contribution is 5.81. The fourth-order valence-electron chi connectivity index (χ4n) is 1.03. The Hall–Kier alpha value is -1.16. The lowest BCUT2D eigenvalue weighted by Gasteiger charge is -2.05. The van der Waals surface area contributed by atoms with Crippen LogP contribution in [0, 0.1) is 0 Å². The van der Waals surface area contributed by atoms with Crippen LogP contribution in [-0.4, -0.2) is 24.2 Å². The Morgan fingerprint density at radius 2 is 2.00 bits per heavy atom. The van der Waals surface area contributed by atoms with Gasteiger partial charge in [0.1, 0.15) is 5.78 Å². The quantitative estimate of drug-likeness (QED) is 0.391. The van der Waals surface area contributed by atoms with E-state index in [0.29, 0.717) is 18.8 Å². The van der Waals surface area contributed by atoms with E-state index in [-0.39, 0.29) is 11.8 Å². The third kappa shape index (κ3) is 7.88. The molecule has 0 aromatic rings. The molecule has 0 aromatic heterocycles. The molecular formula is C11H21N3O. The molecule has 15 heavy (non-hydrogen) atoms. The fourth-order valence-corrected chi connectivity index (χ4v) is 1.03. The lowest BCUT2D eigenvalue weighted by atomic mass is 10.1. The predicted molar refractivity (Wildman–Crippen MR) is 63.8 cm³/mol. The maximum Gasteiger partial charge on any atom is 0.146 e. The molecule has 0 aliphatic rings.